The second-order valence-electron chi connectivity index (χ2n) is 7.98. The molecular weight excluding hydrogens is 352 g/mol. The van der Waals surface area contributed by atoms with Crippen LogP contribution in [0.1, 0.15) is 47.5 Å². The second kappa shape index (κ2) is 7.87. The van der Waals surface area contributed by atoms with E-state index in [-0.39, 0.29) is 5.91 Å². The molecule has 1 N–H and O–H groups in total. The molecule has 2 aliphatic rings. The minimum Gasteiger partial charge on any atom is -0.481 e. The molecule has 148 valence electrons. The van der Waals surface area contributed by atoms with Crippen molar-refractivity contribution < 1.29 is 9.53 Å². The molecule has 3 heterocycles. The topological polar surface area (TPSA) is 67.3 Å². The summed E-state index contributed by atoms with van der Waals surface area (Å²) in [5.74, 6) is 2.11. The van der Waals surface area contributed by atoms with Gasteiger partial charge in [0.25, 0.3) is 5.91 Å². The van der Waals surface area contributed by atoms with E-state index in [9.17, 15) is 4.79 Å². The Morgan fingerprint density at radius 2 is 2.07 bits per heavy atom. The van der Waals surface area contributed by atoms with E-state index in [0.29, 0.717) is 19.0 Å². The summed E-state index contributed by atoms with van der Waals surface area (Å²) in [4.78, 5) is 24.1. The lowest BCUT2D eigenvalue weighted by atomic mass is 10.0. The number of carbonyl (C=O) groups excluding carboxylic acids is 1. The van der Waals surface area contributed by atoms with Crippen molar-refractivity contribution in [2.75, 3.05) is 19.6 Å². The van der Waals surface area contributed by atoms with Crippen molar-refractivity contribution in [3.8, 4) is 5.75 Å². The number of nitrogens with one attached hydrogen (secondary N) is 1. The lowest BCUT2D eigenvalue weighted by molar-refractivity contribution is -0.138. The summed E-state index contributed by atoms with van der Waals surface area (Å²) in [5, 5.41) is 3.37. The monoisotopic (exact) mass is 380 g/mol. The number of rotatable bonds is 4. The largest absolute Gasteiger partial charge is 0.481 e. The predicted octanol–water partition coefficient (Wildman–Crippen LogP) is 2.52. The number of carbonyl (C=O) groups is 1. The molecule has 1 amide bonds. The van der Waals surface area contributed by atoms with Gasteiger partial charge in [0, 0.05) is 43.7 Å². The molecule has 6 heteroatoms. The quantitative estimate of drug-likeness (QED) is 0.883. The zero-order valence-electron chi connectivity index (χ0n) is 16.9. The number of nitrogens with zero attached hydrogens (tertiary/aromatic N) is 3. The van der Waals surface area contributed by atoms with E-state index in [1.54, 1.807) is 0 Å². The summed E-state index contributed by atoms with van der Waals surface area (Å²) in [6.07, 6.45) is 3.25. The maximum atomic E-state index is 12.9. The average molecular weight is 380 g/mol. The van der Waals surface area contributed by atoms with Crippen molar-refractivity contribution in [3.05, 3.63) is 52.6 Å². The fourth-order valence-corrected chi connectivity index (χ4v) is 4.10. The second-order valence-corrected chi connectivity index (χ2v) is 7.98. The average Bonchev–Trinajstić information content (AvgIpc) is 3.20. The fourth-order valence-electron chi connectivity index (χ4n) is 4.10. The van der Waals surface area contributed by atoms with Crippen LogP contribution in [0.15, 0.2) is 24.4 Å². The molecule has 0 spiro atoms. The van der Waals surface area contributed by atoms with Gasteiger partial charge in [-0.05, 0) is 57.0 Å². The molecule has 0 aliphatic carbocycles. The van der Waals surface area contributed by atoms with E-state index < -0.39 is 6.10 Å². The Bertz CT molecular complexity index is 857. The van der Waals surface area contributed by atoms with Gasteiger partial charge in [0.1, 0.15) is 11.6 Å². The predicted molar refractivity (Wildman–Crippen MR) is 107 cm³/mol. The molecule has 2 aromatic rings. The van der Waals surface area contributed by atoms with Gasteiger partial charge in [0.15, 0.2) is 6.10 Å². The number of hydrogen-bond acceptors (Lipinski definition) is 5. The molecule has 28 heavy (non-hydrogen) atoms. The van der Waals surface area contributed by atoms with E-state index in [0.717, 1.165) is 59.9 Å². The first-order chi connectivity index (χ1) is 13.5. The van der Waals surface area contributed by atoms with Crippen molar-refractivity contribution in [3.63, 3.8) is 0 Å². The first kappa shape index (κ1) is 18.9. The SMILES string of the molecule is Cc1cc(C)cc(OC(C)C(=O)N2CCc3nc(C4CCNC4)ncc3C2)c1. The van der Waals surface area contributed by atoms with Crippen LogP contribution in [0.4, 0.5) is 0 Å². The molecule has 0 radical (unpaired) electrons. The summed E-state index contributed by atoms with van der Waals surface area (Å²) in [6.45, 7) is 9.10. The van der Waals surface area contributed by atoms with Gasteiger partial charge in [0.2, 0.25) is 0 Å². The third-order valence-electron chi connectivity index (χ3n) is 5.55. The Hall–Kier alpha value is -2.47. The van der Waals surface area contributed by atoms with Crippen LogP contribution in [-0.2, 0) is 17.8 Å². The van der Waals surface area contributed by atoms with E-state index in [2.05, 4.69) is 16.4 Å². The number of benzene rings is 1. The van der Waals surface area contributed by atoms with Crippen molar-refractivity contribution in [2.45, 2.75) is 52.2 Å². The lowest BCUT2D eigenvalue weighted by Crippen LogP contribution is -2.43. The molecule has 0 bridgehead atoms. The van der Waals surface area contributed by atoms with E-state index in [4.69, 9.17) is 9.72 Å². The highest BCUT2D eigenvalue weighted by molar-refractivity contribution is 5.81. The third-order valence-corrected chi connectivity index (χ3v) is 5.55. The van der Waals surface area contributed by atoms with Crippen LogP contribution in [0.25, 0.3) is 0 Å². The Morgan fingerprint density at radius 3 is 2.79 bits per heavy atom. The number of hydrogen-bond donors (Lipinski definition) is 1. The number of fused-ring (bicyclic) bond motifs is 1. The number of amides is 1. The fraction of sp³-hybridized carbons (Fsp3) is 0.500. The maximum Gasteiger partial charge on any atom is 0.263 e. The number of ether oxygens (including phenoxy) is 1. The Balaban J connectivity index is 1.42. The normalized spacial score (nSPS) is 20.0. The third kappa shape index (κ3) is 4.02. The summed E-state index contributed by atoms with van der Waals surface area (Å²) in [6, 6.07) is 6.03. The lowest BCUT2D eigenvalue weighted by Gasteiger charge is -2.30. The molecule has 1 aromatic carbocycles. The zero-order valence-corrected chi connectivity index (χ0v) is 16.9. The standard InChI is InChI=1S/C22H28N4O2/c1-14-8-15(2)10-19(9-14)28-16(3)22(27)26-7-5-20-18(13-26)12-24-21(25-20)17-4-6-23-11-17/h8-10,12,16-17,23H,4-7,11,13H2,1-3H3. The molecule has 1 fully saturated rings. The molecule has 4 rings (SSSR count). The van der Waals surface area contributed by atoms with Gasteiger partial charge in [-0.3, -0.25) is 4.79 Å². The molecule has 2 unspecified atom stereocenters. The van der Waals surface area contributed by atoms with Gasteiger partial charge in [-0.1, -0.05) is 6.07 Å². The van der Waals surface area contributed by atoms with Crippen molar-refractivity contribution in [2.24, 2.45) is 0 Å². The van der Waals surface area contributed by atoms with E-state index >= 15 is 0 Å². The molecular formula is C22H28N4O2. The zero-order chi connectivity index (χ0) is 19.7. The van der Waals surface area contributed by atoms with Gasteiger partial charge in [-0.25, -0.2) is 9.97 Å². The molecule has 1 saturated heterocycles. The van der Waals surface area contributed by atoms with Crippen molar-refractivity contribution in [1.82, 2.24) is 20.2 Å². The van der Waals surface area contributed by atoms with Crippen LogP contribution >= 0.6 is 0 Å². The minimum absolute atomic E-state index is 0.00822. The van der Waals surface area contributed by atoms with Gasteiger partial charge < -0.3 is 15.0 Å². The molecule has 2 aliphatic heterocycles. The molecule has 2 atom stereocenters. The highest BCUT2D eigenvalue weighted by atomic mass is 16.5. The Labute approximate surface area is 166 Å². The Kier molecular flexibility index (Phi) is 5.31. The minimum atomic E-state index is -0.521. The van der Waals surface area contributed by atoms with E-state index in [1.807, 2.05) is 44.0 Å². The number of aryl methyl sites for hydroxylation is 2. The summed E-state index contributed by atoms with van der Waals surface area (Å²) in [7, 11) is 0. The van der Waals surface area contributed by atoms with Crippen molar-refractivity contribution in [1.29, 1.82) is 0 Å². The van der Waals surface area contributed by atoms with Crippen LogP contribution in [0.5, 0.6) is 5.75 Å². The van der Waals surface area contributed by atoms with Crippen LogP contribution in [0.2, 0.25) is 0 Å². The molecule has 1 aromatic heterocycles. The van der Waals surface area contributed by atoms with Crippen LogP contribution in [0.3, 0.4) is 0 Å². The van der Waals surface area contributed by atoms with Gasteiger partial charge in [-0.15, -0.1) is 0 Å². The Morgan fingerprint density at radius 1 is 1.29 bits per heavy atom. The van der Waals surface area contributed by atoms with Gasteiger partial charge in [0.05, 0.1) is 5.69 Å². The maximum absolute atomic E-state index is 12.9. The van der Waals surface area contributed by atoms with Crippen LogP contribution in [-0.4, -0.2) is 46.5 Å². The molecule has 0 saturated carbocycles. The smallest absolute Gasteiger partial charge is 0.263 e. The van der Waals surface area contributed by atoms with Gasteiger partial charge >= 0.3 is 0 Å². The van der Waals surface area contributed by atoms with Crippen LogP contribution in [0, 0.1) is 13.8 Å². The van der Waals surface area contributed by atoms with Crippen molar-refractivity contribution >= 4 is 5.91 Å². The molecule has 6 nitrogen and oxygen atoms in total. The summed E-state index contributed by atoms with van der Waals surface area (Å²) in [5.41, 5.74) is 4.40. The highest BCUT2D eigenvalue weighted by Crippen LogP contribution is 2.24. The van der Waals surface area contributed by atoms with E-state index in [1.165, 1.54) is 0 Å². The summed E-state index contributed by atoms with van der Waals surface area (Å²) >= 11 is 0. The first-order valence-electron chi connectivity index (χ1n) is 10.1. The highest BCUT2D eigenvalue weighted by Gasteiger charge is 2.28. The van der Waals surface area contributed by atoms with Crippen LogP contribution < -0.4 is 10.1 Å². The van der Waals surface area contributed by atoms with Gasteiger partial charge in [-0.2, -0.15) is 0 Å². The number of aromatic nitrogens is 2. The summed E-state index contributed by atoms with van der Waals surface area (Å²) < 4.78 is 5.94. The first-order valence-corrected chi connectivity index (χ1v) is 10.1.